The quantitative estimate of drug-likeness (QED) is 0.694. The molecule has 2 fully saturated rings. The lowest BCUT2D eigenvalue weighted by molar-refractivity contribution is -0.125. The number of amides is 4. The Kier molecular flexibility index (Phi) is 6.12. The van der Waals surface area contributed by atoms with Crippen LogP contribution in [0.5, 0.6) is 0 Å². The average Bonchev–Trinajstić information content (AvgIpc) is 3.41. The van der Waals surface area contributed by atoms with E-state index in [9.17, 15) is 14.4 Å². The number of carbonyl (C=O) groups excluding carboxylic acids is 3. The summed E-state index contributed by atoms with van der Waals surface area (Å²) >= 11 is 0. The van der Waals surface area contributed by atoms with Crippen LogP contribution in [0.4, 0.5) is 4.79 Å². The third kappa shape index (κ3) is 4.70. The highest BCUT2D eigenvalue weighted by atomic mass is 16.2. The van der Waals surface area contributed by atoms with Crippen molar-refractivity contribution >= 4 is 17.8 Å². The van der Waals surface area contributed by atoms with E-state index in [1.54, 1.807) is 24.3 Å². The average molecular weight is 405 g/mol. The number of nitrogens with one attached hydrogen (secondary N) is 2. The largest absolute Gasteiger partial charge is 0.349 e. The normalized spacial score (nSPS) is 17.8. The van der Waals surface area contributed by atoms with Gasteiger partial charge in [-0.2, -0.15) is 0 Å². The molecule has 6 heteroatoms. The fraction of sp³-hybridized carbons (Fsp3) is 0.375. The molecule has 4 amide bonds. The van der Waals surface area contributed by atoms with Crippen molar-refractivity contribution in [3.8, 4) is 0 Å². The van der Waals surface area contributed by atoms with Crippen molar-refractivity contribution in [1.29, 1.82) is 0 Å². The Bertz CT molecular complexity index is 889. The number of hydrogen-bond acceptors (Lipinski definition) is 3. The first kappa shape index (κ1) is 20.1. The Hall–Kier alpha value is -3.15. The van der Waals surface area contributed by atoms with Gasteiger partial charge >= 0.3 is 6.03 Å². The van der Waals surface area contributed by atoms with Crippen molar-refractivity contribution in [2.75, 3.05) is 6.54 Å². The van der Waals surface area contributed by atoms with Gasteiger partial charge in [-0.3, -0.25) is 14.5 Å². The molecule has 0 spiro atoms. The lowest BCUT2D eigenvalue weighted by Gasteiger charge is -2.25. The molecule has 1 atom stereocenters. The fourth-order valence-electron chi connectivity index (χ4n) is 4.37. The fourth-order valence-corrected chi connectivity index (χ4v) is 4.37. The van der Waals surface area contributed by atoms with E-state index in [4.69, 9.17) is 0 Å². The lowest BCUT2D eigenvalue weighted by Crippen LogP contribution is -2.41. The van der Waals surface area contributed by atoms with Gasteiger partial charge in [0.15, 0.2) is 0 Å². The van der Waals surface area contributed by atoms with Crippen LogP contribution in [0.15, 0.2) is 54.6 Å². The van der Waals surface area contributed by atoms with Crippen LogP contribution in [0.25, 0.3) is 0 Å². The van der Waals surface area contributed by atoms with Gasteiger partial charge in [-0.15, -0.1) is 0 Å². The highest BCUT2D eigenvalue weighted by Crippen LogP contribution is 2.29. The summed E-state index contributed by atoms with van der Waals surface area (Å²) in [6, 6.07) is 17.2. The van der Waals surface area contributed by atoms with Crippen molar-refractivity contribution in [2.45, 2.75) is 44.7 Å². The van der Waals surface area contributed by atoms with Crippen LogP contribution in [-0.2, 0) is 17.8 Å². The maximum atomic E-state index is 12.9. The van der Waals surface area contributed by atoms with E-state index >= 15 is 0 Å². The molecule has 0 aromatic heterocycles. The molecule has 4 rings (SSSR count). The van der Waals surface area contributed by atoms with Crippen molar-refractivity contribution < 1.29 is 14.4 Å². The van der Waals surface area contributed by atoms with Gasteiger partial charge < -0.3 is 10.6 Å². The zero-order valence-electron chi connectivity index (χ0n) is 17.0. The molecule has 2 aromatic carbocycles. The summed E-state index contributed by atoms with van der Waals surface area (Å²) in [5.74, 6) is 0.194. The monoisotopic (exact) mass is 405 g/mol. The van der Waals surface area contributed by atoms with E-state index in [1.165, 1.54) is 23.3 Å². The van der Waals surface area contributed by atoms with E-state index in [0.29, 0.717) is 11.5 Å². The van der Waals surface area contributed by atoms with Crippen LogP contribution >= 0.6 is 0 Å². The minimum atomic E-state index is -0.373. The smallest absolute Gasteiger partial charge is 0.324 e. The predicted molar refractivity (Wildman–Crippen MR) is 114 cm³/mol. The summed E-state index contributed by atoms with van der Waals surface area (Å²) in [5, 5.41) is 5.77. The highest BCUT2D eigenvalue weighted by molar-refractivity contribution is 6.01. The van der Waals surface area contributed by atoms with Crippen LogP contribution in [0.2, 0.25) is 0 Å². The molecule has 0 radical (unpaired) electrons. The molecular formula is C24H27N3O3. The van der Waals surface area contributed by atoms with E-state index in [0.717, 1.165) is 24.8 Å². The zero-order valence-corrected chi connectivity index (χ0v) is 17.0. The minimum absolute atomic E-state index is 0.0449. The summed E-state index contributed by atoms with van der Waals surface area (Å²) in [7, 11) is 0. The second-order valence-corrected chi connectivity index (χ2v) is 8.15. The van der Waals surface area contributed by atoms with Gasteiger partial charge in [0.25, 0.3) is 5.91 Å². The Morgan fingerprint density at radius 3 is 2.33 bits per heavy atom. The molecule has 1 unspecified atom stereocenters. The number of rotatable bonds is 7. The molecule has 30 heavy (non-hydrogen) atoms. The van der Waals surface area contributed by atoms with Gasteiger partial charge in [0, 0.05) is 11.6 Å². The summed E-state index contributed by atoms with van der Waals surface area (Å²) < 4.78 is 0. The molecule has 2 aromatic rings. The van der Waals surface area contributed by atoms with E-state index in [-0.39, 0.29) is 37.0 Å². The van der Waals surface area contributed by atoms with Crippen LogP contribution in [0.1, 0.15) is 47.2 Å². The van der Waals surface area contributed by atoms with E-state index < -0.39 is 0 Å². The summed E-state index contributed by atoms with van der Waals surface area (Å²) in [4.78, 5) is 37.5. The SMILES string of the molecule is O=C(NC(Cc1ccccc1)C1CCCC1)c1ccc(CN2C(=O)CNC2=O)cc1. The molecule has 1 heterocycles. The molecular weight excluding hydrogens is 378 g/mol. The zero-order chi connectivity index (χ0) is 20.9. The van der Waals surface area contributed by atoms with Crippen molar-refractivity contribution in [1.82, 2.24) is 15.5 Å². The van der Waals surface area contributed by atoms with Gasteiger partial charge in [-0.05, 0) is 48.4 Å². The summed E-state index contributed by atoms with van der Waals surface area (Å²) in [6.45, 7) is 0.258. The predicted octanol–water partition coefficient (Wildman–Crippen LogP) is 3.27. The van der Waals surface area contributed by atoms with Crippen LogP contribution in [0, 0.1) is 5.92 Å². The molecule has 1 saturated heterocycles. The first-order chi connectivity index (χ1) is 14.6. The van der Waals surface area contributed by atoms with Gasteiger partial charge in [0.2, 0.25) is 5.91 Å². The van der Waals surface area contributed by atoms with Crippen LogP contribution in [0.3, 0.4) is 0 Å². The number of nitrogens with zero attached hydrogens (tertiary/aromatic N) is 1. The molecule has 1 aliphatic carbocycles. The summed E-state index contributed by atoms with van der Waals surface area (Å²) in [6.07, 6.45) is 5.60. The number of urea groups is 1. The molecule has 1 saturated carbocycles. The molecule has 0 bridgehead atoms. The molecule has 2 N–H and O–H groups in total. The number of carbonyl (C=O) groups is 3. The van der Waals surface area contributed by atoms with E-state index in [1.807, 2.05) is 18.2 Å². The minimum Gasteiger partial charge on any atom is -0.349 e. The number of hydrogen-bond donors (Lipinski definition) is 2. The second kappa shape index (κ2) is 9.11. The standard InChI is InChI=1S/C24H27N3O3/c28-22-15-25-24(30)27(22)16-18-10-12-20(13-11-18)23(29)26-21(19-8-4-5-9-19)14-17-6-2-1-3-7-17/h1-3,6-7,10-13,19,21H,4-5,8-9,14-16H2,(H,25,30)(H,26,29). The first-order valence-electron chi connectivity index (χ1n) is 10.6. The molecule has 1 aliphatic heterocycles. The maximum Gasteiger partial charge on any atom is 0.324 e. The highest BCUT2D eigenvalue weighted by Gasteiger charge is 2.29. The summed E-state index contributed by atoms with van der Waals surface area (Å²) in [5.41, 5.74) is 2.64. The topological polar surface area (TPSA) is 78.5 Å². The van der Waals surface area contributed by atoms with Gasteiger partial charge in [0.1, 0.15) is 0 Å². The lowest BCUT2D eigenvalue weighted by atomic mass is 9.92. The Morgan fingerprint density at radius 1 is 1.00 bits per heavy atom. The molecule has 2 aliphatic rings. The van der Waals surface area contributed by atoms with Gasteiger partial charge in [0.05, 0.1) is 13.1 Å². The number of benzene rings is 2. The maximum absolute atomic E-state index is 12.9. The van der Waals surface area contributed by atoms with Crippen molar-refractivity contribution in [2.24, 2.45) is 5.92 Å². The van der Waals surface area contributed by atoms with Crippen molar-refractivity contribution in [3.63, 3.8) is 0 Å². The Labute approximate surface area is 176 Å². The third-order valence-electron chi connectivity index (χ3n) is 6.08. The number of imide groups is 1. The van der Waals surface area contributed by atoms with Crippen LogP contribution in [-0.4, -0.2) is 35.3 Å². The molecule has 156 valence electrons. The Balaban J connectivity index is 1.41. The van der Waals surface area contributed by atoms with Crippen LogP contribution < -0.4 is 10.6 Å². The molecule has 6 nitrogen and oxygen atoms in total. The van der Waals surface area contributed by atoms with Crippen molar-refractivity contribution in [3.05, 3.63) is 71.3 Å². The first-order valence-corrected chi connectivity index (χ1v) is 10.6. The third-order valence-corrected chi connectivity index (χ3v) is 6.08. The Morgan fingerprint density at radius 2 is 1.70 bits per heavy atom. The van der Waals surface area contributed by atoms with Gasteiger partial charge in [-0.25, -0.2) is 4.79 Å². The van der Waals surface area contributed by atoms with Gasteiger partial charge in [-0.1, -0.05) is 55.3 Å². The van der Waals surface area contributed by atoms with E-state index in [2.05, 4.69) is 22.8 Å². The second-order valence-electron chi connectivity index (χ2n) is 8.15.